The Labute approximate surface area is 125 Å². The van der Waals surface area contributed by atoms with Gasteiger partial charge in [0.05, 0.1) is 10.5 Å². The molecule has 1 aromatic carbocycles. The molecule has 1 heterocycles. The summed E-state index contributed by atoms with van der Waals surface area (Å²) in [6.45, 7) is 0. The first-order valence-corrected chi connectivity index (χ1v) is 7.69. The molecule has 0 saturated carbocycles. The van der Waals surface area contributed by atoms with E-state index in [2.05, 4.69) is 22.6 Å². The molecule has 1 aliphatic rings. The smallest absolute Gasteiger partial charge is 0.0923 e. The lowest BCUT2D eigenvalue weighted by Gasteiger charge is -2.14. The van der Waals surface area contributed by atoms with Gasteiger partial charge in [-0.1, -0.05) is 18.0 Å². The Hall–Kier alpha value is -0.550. The molecule has 0 amide bonds. The van der Waals surface area contributed by atoms with Crippen LogP contribution in [0.25, 0.3) is 10.9 Å². The monoisotopic (exact) mass is 372 g/mol. The highest BCUT2D eigenvalue weighted by molar-refractivity contribution is 14.1. The first-order valence-electron chi connectivity index (χ1n) is 6.23. The van der Waals surface area contributed by atoms with Crippen LogP contribution in [0.2, 0.25) is 5.02 Å². The molecule has 2 nitrogen and oxygen atoms in total. The lowest BCUT2D eigenvalue weighted by molar-refractivity contribution is 0.709. The van der Waals surface area contributed by atoms with Gasteiger partial charge in [0.25, 0.3) is 0 Å². The van der Waals surface area contributed by atoms with Crippen molar-refractivity contribution in [1.29, 1.82) is 0 Å². The van der Waals surface area contributed by atoms with Gasteiger partial charge in [0.2, 0.25) is 0 Å². The summed E-state index contributed by atoms with van der Waals surface area (Å²) in [6, 6.07) is 3.91. The SMILES string of the molecule is Nc1c2c(nc3c(Cl)ccc(I)c13)CCCCC2. The molecule has 1 aliphatic carbocycles. The quantitative estimate of drug-likeness (QED) is 0.552. The van der Waals surface area contributed by atoms with Gasteiger partial charge >= 0.3 is 0 Å². The van der Waals surface area contributed by atoms with Gasteiger partial charge in [-0.3, -0.25) is 4.98 Å². The number of hydrogen-bond donors (Lipinski definition) is 1. The van der Waals surface area contributed by atoms with E-state index in [4.69, 9.17) is 22.3 Å². The summed E-state index contributed by atoms with van der Waals surface area (Å²) in [5.74, 6) is 0. The molecule has 2 aromatic rings. The number of halogens is 2. The molecule has 0 radical (unpaired) electrons. The van der Waals surface area contributed by atoms with Gasteiger partial charge in [-0.2, -0.15) is 0 Å². The fourth-order valence-corrected chi connectivity index (χ4v) is 3.60. The summed E-state index contributed by atoms with van der Waals surface area (Å²) in [7, 11) is 0. The Kier molecular flexibility index (Phi) is 3.36. The van der Waals surface area contributed by atoms with Crippen molar-refractivity contribution in [3.8, 4) is 0 Å². The maximum absolute atomic E-state index is 6.38. The molecule has 0 spiro atoms. The number of nitrogens with two attached hydrogens (primary N) is 1. The summed E-state index contributed by atoms with van der Waals surface area (Å²) >= 11 is 8.57. The number of rotatable bonds is 0. The average Bonchev–Trinajstić information content (AvgIpc) is 2.59. The fourth-order valence-electron chi connectivity index (χ4n) is 2.67. The van der Waals surface area contributed by atoms with Crippen molar-refractivity contribution in [3.63, 3.8) is 0 Å². The van der Waals surface area contributed by atoms with Crippen LogP contribution in [0.1, 0.15) is 30.5 Å². The number of nitrogens with zero attached hydrogens (tertiary/aromatic N) is 1. The molecule has 0 bridgehead atoms. The van der Waals surface area contributed by atoms with Crippen LogP contribution >= 0.6 is 34.2 Å². The minimum atomic E-state index is 0.698. The Morgan fingerprint density at radius 2 is 1.94 bits per heavy atom. The summed E-state index contributed by atoms with van der Waals surface area (Å²) in [4.78, 5) is 4.78. The highest BCUT2D eigenvalue weighted by Crippen LogP contribution is 2.35. The summed E-state index contributed by atoms with van der Waals surface area (Å²) in [5.41, 5.74) is 10.5. The second-order valence-electron chi connectivity index (χ2n) is 4.76. The van der Waals surface area contributed by atoms with E-state index in [0.717, 1.165) is 38.7 Å². The Bertz CT molecular complexity index is 625. The molecule has 94 valence electrons. The predicted molar refractivity (Wildman–Crippen MR) is 85.1 cm³/mol. The molecular weight excluding hydrogens is 359 g/mol. The number of pyridine rings is 1. The average molecular weight is 373 g/mol. The van der Waals surface area contributed by atoms with Crippen molar-refractivity contribution in [2.24, 2.45) is 0 Å². The summed E-state index contributed by atoms with van der Waals surface area (Å²) in [5, 5.41) is 1.73. The molecule has 2 N–H and O–H groups in total. The molecule has 0 fully saturated rings. The number of aryl methyl sites for hydroxylation is 1. The summed E-state index contributed by atoms with van der Waals surface area (Å²) in [6.07, 6.45) is 5.75. The first kappa shape index (κ1) is 12.5. The standard InChI is InChI=1S/C14H14ClIN2/c15-9-6-7-10(16)12-13(17)8-4-2-1-3-5-11(8)18-14(9)12/h6-7H,1-5H2,(H2,17,18). The van der Waals surface area contributed by atoms with E-state index in [0.29, 0.717) is 5.02 Å². The van der Waals surface area contributed by atoms with Crippen LogP contribution in [-0.2, 0) is 12.8 Å². The number of anilines is 1. The van der Waals surface area contributed by atoms with Crippen LogP contribution in [0, 0.1) is 3.57 Å². The number of fused-ring (bicyclic) bond motifs is 2. The number of nitrogen functional groups attached to an aromatic ring is 1. The predicted octanol–water partition coefficient (Wildman–Crippen LogP) is 4.34. The lowest BCUT2D eigenvalue weighted by atomic mass is 10.0. The van der Waals surface area contributed by atoms with Crippen LogP contribution in [0.15, 0.2) is 12.1 Å². The van der Waals surface area contributed by atoms with Gasteiger partial charge < -0.3 is 5.73 Å². The zero-order valence-corrected chi connectivity index (χ0v) is 12.9. The normalized spacial score (nSPS) is 15.4. The van der Waals surface area contributed by atoms with Gasteiger partial charge in [0.15, 0.2) is 0 Å². The first-order chi connectivity index (χ1) is 8.68. The van der Waals surface area contributed by atoms with E-state index in [1.165, 1.54) is 24.8 Å². The van der Waals surface area contributed by atoms with E-state index in [9.17, 15) is 0 Å². The lowest BCUT2D eigenvalue weighted by Crippen LogP contribution is -2.04. The molecule has 1 aromatic heterocycles. The highest BCUT2D eigenvalue weighted by Gasteiger charge is 2.18. The largest absolute Gasteiger partial charge is 0.398 e. The third-order valence-corrected chi connectivity index (χ3v) is 4.81. The van der Waals surface area contributed by atoms with Crippen molar-refractivity contribution in [2.75, 3.05) is 5.73 Å². The van der Waals surface area contributed by atoms with E-state index in [-0.39, 0.29) is 0 Å². The second kappa shape index (κ2) is 4.85. The molecule has 0 aliphatic heterocycles. The highest BCUT2D eigenvalue weighted by atomic mass is 127. The maximum Gasteiger partial charge on any atom is 0.0923 e. The van der Waals surface area contributed by atoms with Crippen molar-refractivity contribution in [1.82, 2.24) is 4.98 Å². The second-order valence-corrected chi connectivity index (χ2v) is 6.33. The van der Waals surface area contributed by atoms with Gasteiger partial charge in [0.1, 0.15) is 0 Å². The van der Waals surface area contributed by atoms with E-state index in [1.807, 2.05) is 12.1 Å². The van der Waals surface area contributed by atoms with Crippen molar-refractivity contribution in [3.05, 3.63) is 32.0 Å². The van der Waals surface area contributed by atoms with Crippen molar-refractivity contribution in [2.45, 2.75) is 32.1 Å². The van der Waals surface area contributed by atoms with Crippen LogP contribution in [0.4, 0.5) is 5.69 Å². The fraction of sp³-hybridized carbons (Fsp3) is 0.357. The Balaban J connectivity index is 2.38. The van der Waals surface area contributed by atoms with E-state index >= 15 is 0 Å². The van der Waals surface area contributed by atoms with Crippen molar-refractivity contribution >= 4 is 50.8 Å². The maximum atomic E-state index is 6.38. The van der Waals surface area contributed by atoms with Crippen LogP contribution in [0.5, 0.6) is 0 Å². The topological polar surface area (TPSA) is 38.9 Å². The van der Waals surface area contributed by atoms with Gasteiger partial charge in [-0.05, 0) is 66.0 Å². The third kappa shape index (κ3) is 1.97. The molecule has 3 rings (SSSR count). The summed E-state index contributed by atoms with van der Waals surface area (Å²) < 4.78 is 1.13. The zero-order valence-electron chi connectivity index (χ0n) is 9.97. The zero-order chi connectivity index (χ0) is 12.7. The molecule has 0 unspecified atom stereocenters. The van der Waals surface area contributed by atoms with E-state index < -0.39 is 0 Å². The van der Waals surface area contributed by atoms with Crippen LogP contribution < -0.4 is 5.73 Å². The minimum absolute atomic E-state index is 0.698. The van der Waals surface area contributed by atoms with Crippen molar-refractivity contribution < 1.29 is 0 Å². The molecule has 0 saturated heterocycles. The van der Waals surface area contributed by atoms with Crippen LogP contribution in [0.3, 0.4) is 0 Å². The Morgan fingerprint density at radius 1 is 1.17 bits per heavy atom. The number of aromatic nitrogens is 1. The van der Waals surface area contributed by atoms with E-state index in [1.54, 1.807) is 0 Å². The number of benzene rings is 1. The molecule has 0 atom stereocenters. The molecular formula is C14H14ClIN2. The molecule has 18 heavy (non-hydrogen) atoms. The third-order valence-electron chi connectivity index (χ3n) is 3.61. The van der Waals surface area contributed by atoms with Gasteiger partial charge in [-0.25, -0.2) is 0 Å². The van der Waals surface area contributed by atoms with Gasteiger partial charge in [0, 0.05) is 20.3 Å². The minimum Gasteiger partial charge on any atom is -0.398 e. The van der Waals surface area contributed by atoms with Crippen LogP contribution in [-0.4, -0.2) is 4.98 Å². The molecule has 4 heteroatoms. The van der Waals surface area contributed by atoms with Gasteiger partial charge in [-0.15, -0.1) is 0 Å². The number of hydrogen-bond acceptors (Lipinski definition) is 2. The Morgan fingerprint density at radius 3 is 2.78 bits per heavy atom.